The Balaban J connectivity index is 1.63. The number of anilines is 1. The van der Waals surface area contributed by atoms with E-state index in [4.69, 9.17) is 0 Å². The minimum Gasteiger partial charge on any atom is -0.318 e. The maximum absolute atomic E-state index is 14.3. The number of fused-ring (bicyclic) bond motifs is 3. The Morgan fingerprint density at radius 1 is 0.969 bits per heavy atom. The molecule has 1 aliphatic rings. The lowest BCUT2D eigenvalue weighted by Crippen LogP contribution is -2.38. The van der Waals surface area contributed by atoms with Crippen LogP contribution in [0.5, 0.6) is 0 Å². The number of aromatic nitrogens is 1. The van der Waals surface area contributed by atoms with Crippen LogP contribution in [0, 0.1) is 5.82 Å². The van der Waals surface area contributed by atoms with Crippen LogP contribution in [-0.4, -0.2) is 21.8 Å². The van der Waals surface area contributed by atoms with Crippen molar-refractivity contribution in [3.8, 4) is 5.69 Å². The van der Waals surface area contributed by atoms with Crippen LogP contribution < -0.4 is 5.32 Å². The molecule has 0 saturated carbocycles. The molecule has 1 atom stereocenters. The summed E-state index contributed by atoms with van der Waals surface area (Å²) in [6, 6.07) is 25.9. The molecule has 2 heterocycles. The van der Waals surface area contributed by atoms with E-state index in [9.17, 15) is 9.18 Å². The zero-order chi connectivity index (χ0) is 22.1. The molecule has 0 aliphatic carbocycles. The predicted molar refractivity (Wildman–Crippen MR) is 127 cm³/mol. The monoisotopic (exact) mass is 443 g/mol. The number of carbonyl (C=O) groups excluding carboxylic acids is 1. The van der Waals surface area contributed by atoms with E-state index in [1.165, 1.54) is 6.07 Å². The summed E-state index contributed by atoms with van der Waals surface area (Å²) in [5.74, 6) is -0.458. The molecule has 0 radical (unpaired) electrons. The van der Waals surface area contributed by atoms with Crippen molar-refractivity contribution < 1.29 is 9.18 Å². The number of halogens is 1. The highest BCUT2D eigenvalue weighted by atomic mass is 32.2. The number of para-hydroxylation sites is 2. The molecule has 0 fully saturated rings. The summed E-state index contributed by atoms with van der Waals surface area (Å²) in [4.78, 5) is 16.5. The molecule has 4 nitrogen and oxygen atoms in total. The van der Waals surface area contributed by atoms with Crippen LogP contribution in [0.1, 0.15) is 22.9 Å². The number of hydrogen-bond acceptors (Lipinski definition) is 2. The smallest absolute Gasteiger partial charge is 0.318 e. The van der Waals surface area contributed by atoms with Crippen molar-refractivity contribution in [2.45, 2.75) is 17.5 Å². The van der Waals surface area contributed by atoms with Gasteiger partial charge in [0.15, 0.2) is 0 Å². The first kappa shape index (κ1) is 20.4. The van der Waals surface area contributed by atoms with Gasteiger partial charge in [-0.15, -0.1) is 11.8 Å². The Hall–Kier alpha value is -3.51. The molecule has 0 unspecified atom stereocenters. The molecule has 32 heavy (non-hydrogen) atoms. The molecule has 0 bridgehead atoms. The average molecular weight is 444 g/mol. The SMILES string of the molecule is CSc1ccc([C@H]2c3cccn3-c3ccccc3CN2C(=O)Nc2ccccc2F)cc1. The summed E-state index contributed by atoms with van der Waals surface area (Å²) >= 11 is 1.68. The minimum absolute atomic E-state index is 0.168. The summed E-state index contributed by atoms with van der Waals surface area (Å²) in [6.45, 7) is 0.396. The lowest BCUT2D eigenvalue weighted by atomic mass is 10.0. The molecule has 4 aromatic rings. The lowest BCUT2D eigenvalue weighted by Gasteiger charge is -2.31. The highest BCUT2D eigenvalue weighted by Crippen LogP contribution is 2.37. The van der Waals surface area contributed by atoms with Gasteiger partial charge in [0.2, 0.25) is 0 Å². The summed E-state index contributed by atoms with van der Waals surface area (Å²) in [7, 11) is 0. The van der Waals surface area contributed by atoms with Crippen LogP contribution in [0.15, 0.2) is 96.0 Å². The van der Waals surface area contributed by atoms with Gasteiger partial charge in [0.25, 0.3) is 0 Å². The standard InChI is InChI=1S/C26H22FN3OS/c1-32-20-14-12-18(13-15-20)25-24-11-6-16-29(24)23-10-5-2-7-19(23)17-30(25)26(31)28-22-9-4-3-8-21(22)27/h2-16,25H,17H2,1H3,(H,28,31)/t25-/m0/s1. The van der Waals surface area contributed by atoms with Crippen molar-refractivity contribution in [2.75, 3.05) is 11.6 Å². The fourth-order valence-corrected chi connectivity index (χ4v) is 4.63. The minimum atomic E-state index is -0.458. The van der Waals surface area contributed by atoms with E-state index in [0.29, 0.717) is 6.54 Å². The van der Waals surface area contributed by atoms with E-state index in [1.54, 1.807) is 34.9 Å². The molecule has 2 amide bonds. The first-order valence-electron chi connectivity index (χ1n) is 10.4. The number of thioether (sulfide) groups is 1. The maximum atomic E-state index is 14.3. The van der Waals surface area contributed by atoms with E-state index in [0.717, 1.165) is 27.4 Å². The van der Waals surface area contributed by atoms with Crippen molar-refractivity contribution in [1.82, 2.24) is 9.47 Å². The van der Waals surface area contributed by atoms with Crippen LogP contribution in [0.25, 0.3) is 5.69 Å². The van der Waals surface area contributed by atoms with Gasteiger partial charge in [-0.1, -0.05) is 42.5 Å². The number of hydrogen-bond donors (Lipinski definition) is 1. The number of nitrogens with one attached hydrogen (secondary N) is 1. The second-order valence-corrected chi connectivity index (χ2v) is 8.53. The third kappa shape index (κ3) is 3.67. The third-order valence-corrected chi connectivity index (χ3v) is 6.52. The number of carbonyl (C=O) groups is 1. The molecule has 6 heteroatoms. The van der Waals surface area contributed by atoms with Crippen molar-refractivity contribution in [3.63, 3.8) is 0 Å². The van der Waals surface area contributed by atoms with Crippen LogP contribution >= 0.6 is 11.8 Å². The fraction of sp³-hybridized carbons (Fsp3) is 0.115. The Morgan fingerprint density at radius 2 is 1.72 bits per heavy atom. The van der Waals surface area contributed by atoms with E-state index in [2.05, 4.69) is 40.2 Å². The predicted octanol–water partition coefficient (Wildman–Crippen LogP) is 6.48. The van der Waals surface area contributed by atoms with Gasteiger partial charge in [-0.3, -0.25) is 0 Å². The Morgan fingerprint density at radius 3 is 2.50 bits per heavy atom. The van der Waals surface area contributed by atoms with E-state index < -0.39 is 5.82 Å². The van der Waals surface area contributed by atoms with Crippen molar-refractivity contribution in [1.29, 1.82) is 0 Å². The average Bonchev–Trinajstić information content (AvgIpc) is 3.25. The first-order valence-corrected chi connectivity index (χ1v) is 11.6. The van der Waals surface area contributed by atoms with Gasteiger partial charge >= 0.3 is 6.03 Å². The van der Waals surface area contributed by atoms with Gasteiger partial charge in [-0.25, -0.2) is 9.18 Å². The number of nitrogens with zero attached hydrogens (tertiary/aromatic N) is 2. The van der Waals surface area contributed by atoms with E-state index in [-0.39, 0.29) is 17.8 Å². The number of amides is 2. The molecule has 160 valence electrons. The van der Waals surface area contributed by atoms with Crippen LogP contribution in [-0.2, 0) is 6.54 Å². The number of benzene rings is 3. The Kier molecular flexibility index (Phi) is 5.45. The van der Waals surface area contributed by atoms with Gasteiger partial charge < -0.3 is 14.8 Å². The van der Waals surface area contributed by atoms with Gasteiger partial charge in [-0.2, -0.15) is 0 Å². The summed E-state index contributed by atoms with van der Waals surface area (Å²) in [5.41, 5.74) is 4.22. The summed E-state index contributed by atoms with van der Waals surface area (Å²) < 4.78 is 16.4. The van der Waals surface area contributed by atoms with Crippen LogP contribution in [0.3, 0.4) is 0 Å². The normalized spacial score (nSPS) is 14.9. The molecule has 1 aliphatic heterocycles. The first-order chi connectivity index (χ1) is 15.7. The quantitative estimate of drug-likeness (QED) is 0.368. The van der Waals surface area contributed by atoms with Gasteiger partial charge in [0.1, 0.15) is 5.82 Å². The Bertz CT molecular complexity index is 1270. The van der Waals surface area contributed by atoms with Crippen molar-refractivity contribution >= 4 is 23.5 Å². The molecule has 0 spiro atoms. The Labute approximate surface area is 190 Å². The van der Waals surface area contributed by atoms with E-state index in [1.807, 2.05) is 42.8 Å². The highest BCUT2D eigenvalue weighted by molar-refractivity contribution is 7.98. The van der Waals surface area contributed by atoms with Crippen molar-refractivity contribution in [2.24, 2.45) is 0 Å². The number of urea groups is 1. The zero-order valence-corrected chi connectivity index (χ0v) is 18.4. The molecule has 3 aromatic carbocycles. The third-order valence-electron chi connectivity index (χ3n) is 5.77. The molecule has 1 aromatic heterocycles. The van der Waals surface area contributed by atoms with Gasteiger partial charge in [-0.05, 0) is 59.8 Å². The van der Waals surface area contributed by atoms with Gasteiger partial charge in [0.05, 0.1) is 24.0 Å². The van der Waals surface area contributed by atoms with E-state index >= 15 is 0 Å². The molecule has 0 saturated heterocycles. The lowest BCUT2D eigenvalue weighted by molar-refractivity contribution is 0.194. The fourth-order valence-electron chi connectivity index (χ4n) is 4.23. The van der Waals surface area contributed by atoms with Crippen molar-refractivity contribution in [3.05, 3.63) is 114 Å². The van der Waals surface area contributed by atoms with Crippen LogP contribution in [0.4, 0.5) is 14.9 Å². The number of rotatable bonds is 3. The molecule has 5 rings (SSSR count). The zero-order valence-electron chi connectivity index (χ0n) is 17.5. The largest absolute Gasteiger partial charge is 0.323 e. The topological polar surface area (TPSA) is 37.3 Å². The molecular formula is C26H22FN3OS. The second-order valence-electron chi connectivity index (χ2n) is 7.65. The van der Waals surface area contributed by atoms with Gasteiger partial charge in [0, 0.05) is 16.8 Å². The summed E-state index contributed by atoms with van der Waals surface area (Å²) in [6.07, 6.45) is 4.06. The molecule has 1 N–H and O–H groups in total. The second kappa shape index (κ2) is 8.55. The summed E-state index contributed by atoms with van der Waals surface area (Å²) in [5, 5.41) is 2.78. The maximum Gasteiger partial charge on any atom is 0.323 e. The molecular weight excluding hydrogens is 421 g/mol. The highest BCUT2D eigenvalue weighted by Gasteiger charge is 2.33. The van der Waals surface area contributed by atoms with Crippen LogP contribution in [0.2, 0.25) is 0 Å².